The van der Waals surface area contributed by atoms with E-state index in [0.29, 0.717) is 11.0 Å². The highest BCUT2D eigenvalue weighted by Crippen LogP contribution is 2.21. The molecule has 0 aliphatic heterocycles. The maximum atomic E-state index is 11.7. The van der Waals surface area contributed by atoms with Gasteiger partial charge in [-0.1, -0.05) is 37.9 Å². The van der Waals surface area contributed by atoms with Crippen molar-refractivity contribution >= 4 is 23.1 Å². The van der Waals surface area contributed by atoms with E-state index in [4.69, 9.17) is 18.0 Å². The Hall–Kier alpha value is -0.640. The Balaban J connectivity index is 2.46. The number of hydrogen-bond acceptors (Lipinski definition) is 2. The molecule has 1 saturated carbocycles. The van der Waals surface area contributed by atoms with Crippen molar-refractivity contribution in [1.29, 1.82) is 0 Å². The highest BCUT2D eigenvalue weighted by Gasteiger charge is 2.21. The first-order valence-electron chi connectivity index (χ1n) is 5.65. The molecule has 0 bridgehead atoms. The molecule has 1 fully saturated rings. The summed E-state index contributed by atoms with van der Waals surface area (Å²) >= 11 is 4.75. The topological polar surface area (TPSA) is 46.3 Å². The van der Waals surface area contributed by atoms with E-state index in [-0.39, 0.29) is 12.3 Å². The van der Waals surface area contributed by atoms with Crippen LogP contribution in [0.5, 0.6) is 0 Å². The zero-order valence-corrected chi connectivity index (χ0v) is 10.2. The van der Waals surface area contributed by atoms with E-state index >= 15 is 0 Å². The number of hydrogen-bond donors (Lipinski definition) is 1. The van der Waals surface area contributed by atoms with Gasteiger partial charge in [-0.2, -0.15) is 0 Å². The zero-order valence-electron chi connectivity index (χ0n) is 9.37. The second-order valence-corrected chi connectivity index (χ2v) is 4.82. The summed E-state index contributed by atoms with van der Waals surface area (Å²) in [6, 6.07) is 0.398. The molecule has 3 nitrogen and oxygen atoms in total. The highest BCUT2D eigenvalue weighted by molar-refractivity contribution is 7.80. The molecule has 0 heterocycles. The van der Waals surface area contributed by atoms with Crippen molar-refractivity contribution < 1.29 is 4.79 Å². The maximum Gasteiger partial charge on any atom is 0.229 e. The number of nitrogens with two attached hydrogens (primary N) is 1. The fourth-order valence-electron chi connectivity index (χ4n) is 2.12. The molecule has 0 aromatic carbocycles. The minimum atomic E-state index is 0.0643. The van der Waals surface area contributed by atoms with Crippen molar-refractivity contribution in [2.24, 2.45) is 5.73 Å². The van der Waals surface area contributed by atoms with Crippen molar-refractivity contribution in [3.8, 4) is 0 Å². The molecule has 0 aromatic heterocycles. The quantitative estimate of drug-likeness (QED) is 0.592. The first kappa shape index (κ1) is 12.4. The smallest absolute Gasteiger partial charge is 0.229 e. The van der Waals surface area contributed by atoms with Gasteiger partial charge in [0.2, 0.25) is 5.91 Å². The molecule has 0 spiro atoms. The fourth-order valence-corrected chi connectivity index (χ4v) is 2.25. The summed E-state index contributed by atoms with van der Waals surface area (Å²) in [5, 5.41) is 0. The minimum Gasteiger partial charge on any atom is -0.393 e. The molecule has 1 aliphatic rings. The van der Waals surface area contributed by atoms with E-state index in [2.05, 4.69) is 0 Å². The lowest BCUT2D eigenvalue weighted by Crippen LogP contribution is -2.38. The number of nitrogens with zero attached hydrogens (tertiary/aromatic N) is 1. The summed E-state index contributed by atoms with van der Waals surface area (Å²) in [7, 11) is 1.87. The van der Waals surface area contributed by atoms with Gasteiger partial charge < -0.3 is 10.6 Å². The van der Waals surface area contributed by atoms with Crippen LogP contribution in [0.3, 0.4) is 0 Å². The molecule has 86 valence electrons. The molecule has 1 amide bonds. The van der Waals surface area contributed by atoms with Crippen molar-refractivity contribution in [3.05, 3.63) is 0 Å². The van der Waals surface area contributed by atoms with Crippen LogP contribution in [0.1, 0.15) is 44.9 Å². The Bertz CT molecular complexity index is 235. The Kier molecular flexibility index (Phi) is 5.02. The van der Waals surface area contributed by atoms with E-state index in [1.807, 2.05) is 11.9 Å². The van der Waals surface area contributed by atoms with Gasteiger partial charge in [-0.25, -0.2) is 0 Å². The molecule has 0 atom stereocenters. The molecule has 1 aliphatic carbocycles. The SMILES string of the molecule is CN(C(=O)CC(N)=S)C1CCCCCC1. The van der Waals surface area contributed by atoms with Gasteiger partial charge >= 0.3 is 0 Å². The maximum absolute atomic E-state index is 11.7. The third-order valence-corrected chi connectivity index (χ3v) is 3.24. The van der Waals surface area contributed by atoms with E-state index in [9.17, 15) is 4.79 Å². The molecule has 4 heteroatoms. The predicted molar refractivity (Wildman–Crippen MR) is 65.7 cm³/mol. The van der Waals surface area contributed by atoms with Crippen LogP contribution in [0.2, 0.25) is 0 Å². The van der Waals surface area contributed by atoms with E-state index in [1.165, 1.54) is 25.7 Å². The molecular weight excluding hydrogens is 208 g/mol. The molecule has 0 radical (unpaired) electrons. The number of thiocarbonyl (C=S) groups is 1. The minimum absolute atomic E-state index is 0.0643. The second-order valence-electron chi connectivity index (χ2n) is 4.29. The van der Waals surface area contributed by atoms with E-state index < -0.39 is 0 Å². The molecule has 15 heavy (non-hydrogen) atoms. The second kappa shape index (κ2) is 6.05. The van der Waals surface area contributed by atoms with Gasteiger partial charge in [-0.3, -0.25) is 4.79 Å². The molecule has 0 unspecified atom stereocenters. The summed E-state index contributed by atoms with van der Waals surface area (Å²) in [5.74, 6) is 0.0643. The molecule has 1 rings (SSSR count). The average Bonchev–Trinajstić information content (AvgIpc) is 2.43. The molecule has 0 saturated heterocycles. The summed E-state index contributed by atoms with van der Waals surface area (Å²) in [6.07, 6.45) is 7.52. The van der Waals surface area contributed by atoms with Crippen molar-refractivity contribution in [1.82, 2.24) is 4.90 Å². The molecule has 2 N–H and O–H groups in total. The van der Waals surface area contributed by atoms with E-state index in [1.54, 1.807) is 0 Å². The number of carbonyl (C=O) groups is 1. The van der Waals surface area contributed by atoms with Gasteiger partial charge in [0.25, 0.3) is 0 Å². The summed E-state index contributed by atoms with van der Waals surface area (Å²) in [6.45, 7) is 0. The van der Waals surface area contributed by atoms with Crippen LogP contribution in [-0.2, 0) is 4.79 Å². The van der Waals surface area contributed by atoms with Gasteiger partial charge in [0.1, 0.15) is 0 Å². The lowest BCUT2D eigenvalue weighted by Gasteiger charge is -2.27. The lowest BCUT2D eigenvalue weighted by molar-refractivity contribution is -0.130. The third kappa shape index (κ3) is 4.16. The number of rotatable bonds is 3. The first-order chi connectivity index (χ1) is 7.11. The molecule has 0 aromatic rings. The highest BCUT2D eigenvalue weighted by atomic mass is 32.1. The van der Waals surface area contributed by atoms with Crippen LogP contribution in [0.25, 0.3) is 0 Å². The van der Waals surface area contributed by atoms with Gasteiger partial charge in [0.05, 0.1) is 11.4 Å². The van der Waals surface area contributed by atoms with Crippen molar-refractivity contribution in [2.75, 3.05) is 7.05 Å². The monoisotopic (exact) mass is 228 g/mol. The molecular formula is C11H20N2OS. The van der Waals surface area contributed by atoms with Crippen LogP contribution >= 0.6 is 12.2 Å². The summed E-state index contributed by atoms with van der Waals surface area (Å²) in [4.78, 5) is 13.9. The van der Waals surface area contributed by atoms with Crippen LogP contribution in [0.4, 0.5) is 0 Å². The Morgan fingerprint density at radius 1 is 1.33 bits per heavy atom. The van der Waals surface area contributed by atoms with Crippen LogP contribution in [0.15, 0.2) is 0 Å². The van der Waals surface area contributed by atoms with Gasteiger partial charge in [0, 0.05) is 13.1 Å². The summed E-state index contributed by atoms with van der Waals surface area (Å²) < 4.78 is 0. The van der Waals surface area contributed by atoms with Gasteiger partial charge in [0.15, 0.2) is 0 Å². The van der Waals surface area contributed by atoms with Crippen molar-refractivity contribution in [3.63, 3.8) is 0 Å². The fraction of sp³-hybridized carbons (Fsp3) is 0.818. The lowest BCUT2D eigenvalue weighted by atomic mass is 10.1. The van der Waals surface area contributed by atoms with Crippen molar-refractivity contribution in [2.45, 2.75) is 51.0 Å². The predicted octanol–water partition coefficient (Wildman–Crippen LogP) is 1.84. The zero-order chi connectivity index (χ0) is 11.3. The number of carbonyl (C=O) groups excluding carboxylic acids is 1. The van der Waals surface area contributed by atoms with Gasteiger partial charge in [-0.15, -0.1) is 0 Å². The van der Waals surface area contributed by atoms with E-state index in [0.717, 1.165) is 12.8 Å². The summed E-state index contributed by atoms with van der Waals surface area (Å²) in [5.41, 5.74) is 5.38. The third-order valence-electron chi connectivity index (χ3n) is 3.09. The van der Waals surface area contributed by atoms with Crippen LogP contribution in [-0.4, -0.2) is 28.9 Å². The number of amides is 1. The van der Waals surface area contributed by atoms with Crippen LogP contribution < -0.4 is 5.73 Å². The Morgan fingerprint density at radius 2 is 1.87 bits per heavy atom. The standard InChI is InChI=1S/C11H20N2OS/c1-13(11(14)8-10(12)15)9-6-4-2-3-5-7-9/h9H,2-8H2,1H3,(H2,12,15). The Labute approximate surface area is 97.0 Å². The average molecular weight is 228 g/mol. The van der Waals surface area contributed by atoms with Crippen LogP contribution in [0, 0.1) is 0 Å². The largest absolute Gasteiger partial charge is 0.393 e. The normalized spacial score (nSPS) is 18.2. The Morgan fingerprint density at radius 3 is 2.33 bits per heavy atom. The van der Waals surface area contributed by atoms with Gasteiger partial charge in [-0.05, 0) is 12.8 Å². The first-order valence-corrected chi connectivity index (χ1v) is 6.06.